The van der Waals surface area contributed by atoms with E-state index >= 15 is 0 Å². The first-order chi connectivity index (χ1) is 47.7. The van der Waals surface area contributed by atoms with Crippen LogP contribution in [0.5, 0.6) is 0 Å². The van der Waals surface area contributed by atoms with Crippen molar-refractivity contribution in [1.29, 1.82) is 0 Å². The second-order valence-electron chi connectivity index (χ2n) is 45.2. The molecule has 0 bridgehead atoms. The van der Waals surface area contributed by atoms with Crippen LogP contribution >= 0.6 is 0 Å². The summed E-state index contributed by atoms with van der Waals surface area (Å²) in [5.74, 6) is 4.83. The van der Waals surface area contributed by atoms with Gasteiger partial charge < -0.3 is 56.6 Å². The third-order valence-corrected chi connectivity index (χ3v) is 48.8. The van der Waals surface area contributed by atoms with Gasteiger partial charge in [-0.3, -0.25) is 4.79 Å². The van der Waals surface area contributed by atoms with E-state index in [4.69, 9.17) is 46.4 Å². The molecule has 0 aromatic rings. The number of fused-ring (bicyclic) bond motifs is 24. The molecular formula is C88H158O13Si3. The highest BCUT2D eigenvalue weighted by Gasteiger charge is 2.74. The van der Waals surface area contributed by atoms with Crippen LogP contribution < -0.4 is 0 Å². The van der Waals surface area contributed by atoms with Gasteiger partial charge in [0.05, 0.1) is 67.1 Å². The summed E-state index contributed by atoms with van der Waals surface area (Å²) in [6, 6.07) is 0. The molecule has 0 aromatic carbocycles. The Balaban J connectivity index is 0.000000145. The average Bonchev–Trinajstić information content (AvgIpc) is 1.46. The van der Waals surface area contributed by atoms with E-state index < -0.39 is 42.3 Å². The fourth-order valence-electron chi connectivity index (χ4n) is 26.8. The fourth-order valence-corrected chi connectivity index (χ4v) is 31.2. The SMILES string of the molecule is CC.CC(=O)O[C@@H]1CC[C@]2(C)C3CC[C@@]4(C)C(CC[C@@H]4O[Si](C)(C)C(C)(C)C)C3[C@H]3OC(C)(C)O[C@@H]3C2C1.CC1(C)O[C@@H]2C3C(CC[C@@]4(C)C3CC[C@@H]4O[Si](C)(C)C(C)(C)C)[C@@]3(C)CC[C@@H](O)CC3[C@H]2O1.CC1(C)O[C@@H]2C3C(CC[C@@]4(C)C3CC[C@@H]4O[Si](C)(C)C(C)(C)C)[C@@]3(C)CC[C@@H](O)CC3[C@H]2O1. The average molecular weight is 1510 g/mol. The Morgan fingerprint density at radius 3 is 0.846 bits per heavy atom. The van der Waals surface area contributed by atoms with Crippen molar-refractivity contribution in [1.82, 2.24) is 0 Å². The standard InChI is InChI=1S/C30H52O5Si.2C28H50O4Si.C2H6/c1-18(31)32-19-13-15-29(7)21-14-16-30(8)20(11-12-23(30)35-36(9,10)27(2,3)4)24(21)26-25(22(29)17-19)33-28(5,6)34-26;2*1-25(2,3)33(8,9)32-21-11-10-18-22-19(13-15-28(18,21)7)27(6)14-12-17(29)16-20(27)23-24(22)31-26(4,5)30-23;1-2/h19-26H,11-17H2,1-10H3;2*17-24,29H,10-16H2,1-9H3;1-2H3/t19-,20?,21?,22?,23+,24?,25-,26-,29-,30+;2*17-,18?,19?,20?,21+,22?,23-,24-,27-,28+;/m111./s1. The molecule has 16 heteroatoms. The zero-order valence-electron chi connectivity index (χ0n) is 72.1. The molecule has 2 N–H and O–H groups in total. The van der Waals surface area contributed by atoms with Crippen LogP contribution in [0.2, 0.25) is 54.4 Å². The third-order valence-electron chi connectivity index (χ3n) is 35.3. The predicted octanol–water partition coefficient (Wildman–Crippen LogP) is 21.2. The Bertz CT molecular complexity index is 2930. The Morgan fingerprint density at radius 1 is 0.337 bits per heavy atom. The van der Waals surface area contributed by atoms with Gasteiger partial charge in [0.2, 0.25) is 0 Å². The molecule has 0 radical (unpaired) electrons. The maximum Gasteiger partial charge on any atom is 0.302 e. The lowest BCUT2D eigenvalue weighted by atomic mass is 9.43. The second kappa shape index (κ2) is 27.7. The first kappa shape index (κ1) is 83.1. The molecule has 15 rings (SSSR count). The molecule has 0 aromatic heterocycles. The van der Waals surface area contributed by atoms with E-state index in [1.807, 2.05) is 13.8 Å². The van der Waals surface area contributed by atoms with E-state index in [1.54, 1.807) is 0 Å². The van der Waals surface area contributed by atoms with Crippen molar-refractivity contribution >= 4 is 30.9 Å². The minimum Gasteiger partial charge on any atom is -0.463 e. The summed E-state index contributed by atoms with van der Waals surface area (Å²) >= 11 is 0. The minimum absolute atomic E-state index is 0.00722. The monoisotopic (exact) mass is 1510 g/mol. The highest BCUT2D eigenvalue weighted by Crippen LogP contribution is 2.74. The molecule has 15 fully saturated rings. The van der Waals surface area contributed by atoms with E-state index in [1.165, 1.54) is 84.0 Å². The number of hydrogen-bond donors (Lipinski definition) is 2. The van der Waals surface area contributed by atoms with Crippen LogP contribution in [0.4, 0.5) is 0 Å². The Hall–Kier alpha value is -0.319. The van der Waals surface area contributed by atoms with Crippen molar-refractivity contribution in [3.8, 4) is 0 Å². The lowest BCUT2D eigenvalue weighted by Gasteiger charge is -2.63. The number of esters is 1. The third kappa shape index (κ3) is 14.1. The zero-order valence-corrected chi connectivity index (χ0v) is 75.1. The summed E-state index contributed by atoms with van der Waals surface area (Å²) in [6.45, 7) is 69.1. The molecule has 0 spiro atoms. The maximum absolute atomic E-state index is 11.8. The number of aliphatic hydroxyl groups is 2. The quantitative estimate of drug-likeness (QED) is 0.184. The number of hydrogen-bond acceptors (Lipinski definition) is 13. The highest BCUT2D eigenvalue weighted by atomic mass is 28.4. The van der Waals surface area contributed by atoms with Gasteiger partial charge >= 0.3 is 5.97 Å². The molecule has 30 atom stereocenters. The highest BCUT2D eigenvalue weighted by molar-refractivity contribution is 6.75. The number of carbonyl (C=O) groups is 1. The molecule has 3 saturated heterocycles. The van der Waals surface area contributed by atoms with E-state index in [-0.39, 0.29) is 109 Å². The van der Waals surface area contributed by atoms with Crippen LogP contribution in [-0.2, 0) is 51.2 Å². The normalized spacial score (nSPS) is 49.3. The first-order valence-corrected chi connectivity index (χ1v) is 52.0. The van der Waals surface area contributed by atoms with Gasteiger partial charge in [0.1, 0.15) is 6.10 Å². The van der Waals surface area contributed by atoms with E-state index in [0.29, 0.717) is 89.3 Å². The molecule has 0 amide bonds. The predicted molar refractivity (Wildman–Crippen MR) is 424 cm³/mol. The number of rotatable bonds is 7. The summed E-state index contributed by atoms with van der Waals surface area (Å²) in [5.41, 5.74) is 1.36. The van der Waals surface area contributed by atoms with Gasteiger partial charge in [0.15, 0.2) is 42.3 Å². The van der Waals surface area contributed by atoms with Crippen molar-refractivity contribution in [2.45, 2.75) is 446 Å². The number of aliphatic hydroxyl groups excluding tert-OH is 2. The van der Waals surface area contributed by atoms with Crippen LogP contribution in [0.15, 0.2) is 0 Å². The van der Waals surface area contributed by atoms with Gasteiger partial charge in [-0.2, -0.15) is 0 Å². The van der Waals surface area contributed by atoms with Gasteiger partial charge in [0.25, 0.3) is 0 Å². The number of carbonyl (C=O) groups excluding carboxylic acids is 1. The van der Waals surface area contributed by atoms with E-state index in [0.717, 1.165) is 57.8 Å². The Morgan fingerprint density at radius 2 is 0.577 bits per heavy atom. The zero-order chi connectivity index (χ0) is 76.9. The maximum atomic E-state index is 11.8. The molecule has 12 saturated carbocycles. The van der Waals surface area contributed by atoms with Crippen molar-refractivity contribution in [3.05, 3.63) is 0 Å². The molecule has 3 aliphatic heterocycles. The van der Waals surface area contributed by atoms with Crippen LogP contribution in [0.25, 0.3) is 0 Å². The molecule has 3 heterocycles. The van der Waals surface area contributed by atoms with Crippen LogP contribution in [0.3, 0.4) is 0 Å². The molecule has 15 aliphatic rings. The first-order valence-electron chi connectivity index (χ1n) is 43.3. The topological polar surface area (TPSA) is 150 Å². The fraction of sp³-hybridized carbons (Fsp3) is 0.989. The Kier molecular flexibility index (Phi) is 22.2. The van der Waals surface area contributed by atoms with Crippen molar-refractivity contribution in [2.75, 3.05) is 0 Å². The van der Waals surface area contributed by atoms with Gasteiger partial charge in [0, 0.05) is 6.92 Å². The lowest BCUT2D eigenvalue weighted by Crippen LogP contribution is -2.64. The molecule has 13 nitrogen and oxygen atoms in total. The van der Waals surface area contributed by atoms with Crippen LogP contribution in [-0.4, -0.2) is 132 Å². The molecule has 104 heavy (non-hydrogen) atoms. The largest absolute Gasteiger partial charge is 0.463 e. The summed E-state index contributed by atoms with van der Waals surface area (Å²) in [6.07, 6.45) is 25.2. The van der Waals surface area contributed by atoms with Crippen molar-refractivity contribution in [2.24, 2.45) is 104 Å². The van der Waals surface area contributed by atoms with E-state index in [9.17, 15) is 15.0 Å². The van der Waals surface area contributed by atoms with Crippen LogP contribution in [0.1, 0.15) is 301 Å². The smallest absolute Gasteiger partial charge is 0.302 e. The van der Waals surface area contributed by atoms with Gasteiger partial charge in [-0.1, -0.05) is 118 Å². The minimum atomic E-state index is -1.85. The lowest BCUT2D eigenvalue weighted by molar-refractivity contribution is -0.196. The van der Waals surface area contributed by atoms with Gasteiger partial charge in [-0.05, 0) is 334 Å². The second-order valence-corrected chi connectivity index (χ2v) is 59.5. The molecule has 600 valence electrons. The summed E-state index contributed by atoms with van der Waals surface area (Å²) in [4.78, 5) is 11.8. The number of ether oxygens (including phenoxy) is 7. The van der Waals surface area contributed by atoms with Crippen LogP contribution in [0, 0.1) is 104 Å². The summed E-state index contributed by atoms with van der Waals surface area (Å²) < 4.78 is 67.6. The van der Waals surface area contributed by atoms with Gasteiger partial charge in [-0.25, -0.2) is 0 Å². The van der Waals surface area contributed by atoms with Crippen molar-refractivity contribution < 1.29 is 61.4 Å². The summed E-state index contributed by atoms with van der Waals surface area (Å²) in [7, 11) is -5.49. The van der Waals surface area contributed by atoms with Gasteiger partial charge in [-0.15, -0.1) is 0 Å². The summed E-state index contributed by atoms with van der Waals surface area (Å²) in [5, 5.41) is 21.9. The molecule has 12 aliphatic carbocycles. The van der Waals surface area contributed by atoms with Crippen molar-refractivity contribution in [3.63, 3.8) is 0 Å². The molecular weight excluding hydrogens is 1350 g/mol. The molecule has 12 unspecified atom stereocenters. The Labute approximate surface area is 638 Å². The van der Waals surface area contributed by atoms with E-state index in [2.05, 4.69) is 185 Å².